The lowest BCUT2D eigenvalue weighted by Gasteiger charge is -1.77. The molecule has 0 atom stereocenters. The molecule has 0 aliphatic carbocycles. The summed E-state index contributed by atoms with van der Waals surface area (Å²) in [6.07, 6.45) is 0. The fraction of sp³-hybridized carbons (Fsp3) is 0.143. The Morgan fingerprint density at radius 1 is 1.50 bits per heavy atom. The van der Waals surface area contributed by atoms with E-state index >= 15 is 0 Å². The molecular weight excluding hydrogens is 244 g/mol. The van der Waals surface area contributed by atoms with E-state index in [2.05, 4.69) is 4.37 Å². The van der Waals surface area contributed by atoms with Gasteiger partial charge < -0.3 is 0 Å². The van der Waals surface area contributed by atoms with E-state index in [9.17, 15) is 9.59 Å². The van der Waals surface area contributed by atoms with Gasteiger partial charge in [0.1, 0.15) is 4.34 Å². The second kappa shape index (κ2) is 5.14. The van der Waals surface area contributed by atoms with Gasteiger partial charge in [0.2, 0.25) is 0 Å². The maximum atomic E-state index is 10.5. The molecule has 76 valence electrons. The van der Waals surface area contributed by atoms with Crippen LogP contribution in [0.4, 0.5) is 0 Å². The van der Waals surface area contributed by atoms with Crippen LogP contribution in [0.15, 0.2) is 27.1 Å². The Hall–Kier alpha value is -0.850. The summed E-state index contributed by atoms with van der Waals surface area (Å²) in [5.74, 6) is 0. The number of aryl methyl sites for hydroxylation is 1. The van der Waals surface area contributed by atoms with E-state index in [-0.39, 0.29) is 11.1 Å². The van der Waals surface area contributed by atoms with Crippen LogP contribution in [0.3, 0.4) is 0 Å². The molecule has 0 fully saturated rings. The van der Waals surface area contributed by atoms with Crippen LogP contribution in [0.2, 0.25) is 4.34 Å². The van der Waals surface area contributed by atoms with E-state index in [4.69, 9.17) is 11.6 Å². The number of hydrogen-bond donors (Lipinski definition) is 1. The first-order valence-corrected chi connectivity index (χ1v) is 5.57. The van der Waals surface area contributed by atoms with Crippen molar-refractivity contribution in [3.05, 3.63) is 42.6 Å². The Morgan fingerprint density at radius 3 is 2.36 bits per heavy atom. The van der Waals surface area contributed by atoms with Crippen molar-refractivity contribution in [1.82, 2.24) is 8.33 Å². The van der Waals surface area contributed by atoms with Crippen molar-refractivity contribution < 1.29 is 0 Å². The highest BCUT2D eigenvalue weighted by atomic mass is 35.5. The summed E-state index contributed by atoms with van der Waals surface area (Å²) in [6.45, 7) is 0. The van der Waals surface area contributed by atoms with E-state index in [1.165, 1.54) is 39.2 Å². The Balaban J connectivity index is 0.000000146. The van der Waals surface area contributed by atoms with Crippen LogP contribution in [0, 0.1) is 0 Å². The molecule has 0 radical (unpaired) electrons. The molecule has 1 N–H and O–H groups in total. The average molecular weight is 251 g/mol. The minimum atomic E-state index is -0.0417. The van der Waals surface area contributed by atoms with Crippen molar-refractivity contribution >= 4 is 34.7 Å². The second-order valence-corrected chi connectivity index (χ2v) is 4.78. The van der Waals surface area contributed by atoms with Gasteiger partial charge in [0.25, 0.3) is 11.1 Å². The minimum Gasteiger partial charge on any atom is -0.278 e. The molecule has 0 saturated carbocycles. The molecule has 2 rings (SSSR count). The maximum Gasteiger partial charge on any atom is 0.261 e. The molecule has 4 nitrogen and oxygen atoms in total. The van der Waals surface area contributed by atoms with Crippen LogP contribution >= 0.6 is 34.7 Å². The Labute approximate surface area is 92.7 Å². The third-order valence-corrected chi connectivity index (χ3v) is 2.87. The molecular formula is C7H7ClN2O2S2. The standard InChI is InChI=1S/C4H4ClNOS.C3H3NOS/c1-6-4(7)2-3(5)8-6;5-3-1-2-6-4-3/h2H,1H3;1-2H,(H,4,5). The highest BCUT2D eigenvalue weighted by Gasteiger charge is 1.93. The smallest absolute Gasteiger partial charge is 0.261 e. The number of rotatable bonds is 0. The number of aromatic nitrogens is 2. The molecule has 2 aromatic heterocycles. The number of nitrogens with one attached hydrogen (secondary N) is 1. The summed E-state index contributed by atoms with van der Waals surface area (Å²) in [5, 5.41) is 1.71. The first kappa shape index (κ1) is 11.2. The second-order valence-electron chi connectivity index (χ2n) is 2.26. The lowest BCUT2D eigenvalue weighted by Crippen LogP contribution is -2.05. The summed E-state index contributed by atoms with van der Waals surface area (Å²) in [7, 11) is 1.68. The van der Waals surface area contributed by atoms with Crippen LogP contribution in [-0.4, -0.2) is 8.33 Å². The van der Waals surface area contributed by atoms with Gasteiger partial charge in [0, 0.05) is 24.6 Å². The van der Waals surface area contributed by atoms with Gasteiger partial charge in [-0.3, -0.25) is 17.9 Å². The molecule has 0 unspecified atom stereocenters. The van der Waals surface area contributed by atoms with Crippen molar-refractivity contribution in [2.45, 2.75) is 0 Å². The van der Waals surface area contributed by atoms with Crippen LogP contribution in [0.1, 0.15) is 0 Å². The summed E-state index contributed by atoms with van der Waals surface area (Å²) in [4.78, 5) is 20.6. The topological polar surface area (TPSA) is 54.9 Å². The molecule has 0 saturated heterocycles. The molecule has 2 aromatic rings. The summed E-state index contributed by atoms with van der Waals surface area (Å²) < 4.78 is 4.50. The zero-order valence-electron chi connectivity index (χ0n) is 7.19. The molecule has 0 bridgehead atoms. The van der Waals surface area contributed by atoms with E-state index in [1.807, 2.05) is 0 Å². The van der Waals surface area contributed by atoms with Gasteiger partial charge in [-0.25, -0.2) is 0 Å². The molecule has 2 heterocycles. The Kier molecular flexibility index (Phi) is 4.12. The molecule has 0 aromatic carbocycles. The predicted octanol–water partition coefficient (Wildman–Crippen LogP) is 1.54. The van der Waals surface area contributed by atoms with Gasteiger partial charge in [0.15, 0.2) is 0 Å². The van der Waals surface area contributed by atoms with Gasteiger partial charge in [0.05, 0.1) is 0 Å². The predicted molar refractivity (Wildman–Crippen MR) is 59.5 cm³/mol. The van der Waals surface area contributed by atoms with Crippen molar-refractivity contribution in [3.8, 4) is 0 Å². The lowest BCUT2D eigenvalue weighted by molar-refractivity contribution is 0.981. The molecule has 0 spiro atoms. The number of nitrogens with zero attached hydrogens (tertiary/aromatic N) is 1. The normalized spacial score (nSPS) is 9.29. The zero-order valence-corrected chi connectivity index (χ0v) is 9.58. The Bertz CT molecular complexity index is 479. The van der Waals surface area contributed by atoms with Crippen molar-refractivity contribution in [3.63, 3.8) is 0 Å². The number of H-pyrrole nitrogens is 1. The van der Waals surface area contributed by atoms with Crippen LogP contribution in [0.25, 0.3) is 0 Å². The SMILES string of the molecule is Cn1sc(Cl)cc1=O.O=c1ccs[nH]1. The fourth-order valence-corrected chi connectivity index (χ4v) is 2.02. The first-order chi connectivity index (χ1) is 6.59. The van der Waals surface area contributed by atoms with Crippen LogP contribution in [0.5, 0.6) is 0 Å². The van der Waals surface area contributed by atoms with Crippen molar-refractivity contribution in [1.29, 1.82) is 0 Å². The van der Waals surface area contributed by atoms with Crippen LogP contribution in [-0.2, 0) is 7.05 Å². The fourth-order valence-electron chi connectivity index (χ4n) is 0.612. The zero-order chi connectivity index (χ0) is 10.6. The minimum absolute atomic E-state index is 0.0139. The van der Waals surface area contributed by atoms with Gasteiger partial charge in [-0.2, -0.15) is 0 Å². The lowest BCUT2D eigenvalue weighted by atomic mass is 10.7. The molecule has 0 aliphatic heterocycles. The molecule has 7 heteroatoms. The monoisotopic (exact) mass is 250 g/mol. The highest BCUT2D eigenvalue weighted by Crippen LogP contribution is 2.09. The van der Waals surface area contributed by atoms with Gasteiger partial charge >= 0.3 is 0 Å². The summed E-state index contributed by atoms with van der Waals surface area (Å²) in [6, 6.07) is 2.89. The largest absolute Gasteiger partial charge is 0.278 e. The summed E-state index contributed by atoms with van der Waals surface area (Å²) in [5.41, 5.74) is -0.0556. The molecule has 14 heavy (non-hydrogen) atoms. The third-order valence-electron chi connectivity index (χ3n) is 1.22. The quantitative estimate of drug-likeness (QED) is 0.771. The van der Waals surface area contributed by atoms with Gasteiger partial charge in [-0.05, 0) is 11.5 Å². The van der Waals surface area contributed by atoms with Crippen molar-refractivity contribution in [2.24, 2.45) is 7.05 Å². The van der Waals surface area contributed by atoms with E-state index < -0.39 is 0 Å². The average Bonchev–Trinajstić information content (AvgIpc) is 2.65. The number of hydrogen-bond acceptors (Lipinski definition) is 4. The number of halogens is 1. The summed E-state index contributed by atoms with van der Waals surface area (Å²) >= 11 is 8.00. The Morgan fingerprint density at radius 2 is 2.21 bits per heavy atom. The highest BCUT2D eigenvalue weighted by molar-refractivity contribution is 7.11. The van der Waals surface area contributed by atoms with E-state index in [0.29, 0.717) is 4.34 Å². The molecule has 0 amide bonds. The van der Waals surface area contributed by atoms with Crippen molar-refractivity contribution in [2.75, 3.05) is 0 Å². The molecule has 0 aliphatic rings. The van der Waals surface area contributed by atoms with Gasteiger partial charge in [-0.15, -0.1) is 0 Å². The van der Waals surface area contributed by atoms with Gasteiger partial charge in [-0.1, -0.05) is 23.1 Å². The number of aromatic amines is 1. The first-order valence-electron chi connectivity index (χ1n) is 3.54. The third kappa shape index (κ3) is 3.49. The maximum absolute atomic E-state index is 10.5. The van der Waals surface area contributed by atoms with Crippen LogP contribution < -0.4 is 11.1 Å². The van der Waals surface area contributed by atoms with E-state index in [1.54, 1.807) is 12.4 Å². The van der Waals surface area contributed by atoms with E-state index in [0.717, 1.165) is 0 Å².